The van der Waals surface area contributed by atoms with Crippen molar-refractivity contribution in [3.63, 3.8) is 0 Å². The molecule has 0 aromatic carbocycles. The van der Waals surface area contributed by atoms with Crippen molar-refractivity contribution in [1.82, 2.24) is 4.90 Å². The number of hydrogen-bond donors (Lipinski definition) is 1. The van der Waals surface area contributed by atoms with Crippen molar-refractivity contribution in [2.24, 2.45) is 5.41 Å². The highest BCUT2D eigenvalue weighted by Gasteiger charge is 2.40. The number of amides is 1. The zero-order valence-corrected chi connectivity index (χ0v) is 13.6. The molecule has 1 amide bonds. The van der Waals surface area contributed by atoms with E-state index in [1.54, 1.807) is 11.3 Å². The highest BCUT2D eigenvalue weighted by atomic mass is 32.1. The molecule has 1 aliphatic rings. The van der Waals surface area contributed by atoms with Gasteiger partial charge in [-0.1, -0.05) is 31.6 Å². The number of thiophene rings is 1. The molecule has 1 heterocycles. The van der Waals surface area contributed by atoms with Crippen molar-refractivity contribution in [1.29, 1.82) is 0 Å². The highest BCUT2D eigenvalue weighted by Crippen LogP contribution is 2.42. The monoisotopic (exact) mass is 305 g/mol. The van der Waals surface area contributed by atoms with Gasteiger partial charge in [0.25, 0.3) is 0 Å². The number of aliphatic hydroxyl groups excluding tert-OH is 1. The molecule has 0 spiro atoms. The Bertz CT molecular complexity index is 547. The second kappa shape index (κ2) is 7.11. The maximum absolute atomic E-state index is 12.7. The quantitative estimate of drug-likeness (QED) is 0.869. The number of rotatable bonds is 4. The molecular weight excluding hydrogens is 282 g/mol. The Morgan fingerprint density at radius 2 is 2.19 bits per heavy atom. The van der Waals surface area contributed by atoms with E-state index < -0.39 is 0 Å². The summed E-state index contributed by atoms with van der Waals surface area (Å²) < 4.78 is 0. The van der Waals surface area contributed by atoms with Crippen LogP contribution < -0.4 is 0 Å². The summed E-state index contributed by atoms with van der Waals surface area (Å²) in [7, 11) is 1.90. The fourth-order valence-electron chi connectivity index (χ4n) is 3.17. The fourth-order valence-corrected chi connectivity index (χ4v) is 3.94. The summed E-state index contributed by atoms with van der Waals surface area (Å²) in [5, 5.41) is 10.7. The van der Waals surface area contributed by atoms with Crippen molar-refractivity contribution >= 4 is 17.2 Å². The van der Waals surface area contributed by atoms with E-state index in [1.807, 2.05) is 23.4 Å². The van der Waals surface area contributed by atoms with Crippen LogP contribution in [0.4, 0.5) is 0 Å². The Balaban J connectivity index is 2.02. The third-order valence-electron chi connectivity index (χ3n) is 4.40. The summed E-state index contributed by atoms with van der Waals surface area (Å²) in [6.45, 7) is 2.65. The van der Waals surface area contributed by atoms with Gasteiger partial charge >= 0.3 is 0 Å². The van der Waals surface area contributed by atoms with Crippen LogP contribution in [-0.2, 0) is 11.3 Å². The summed E-state index contributed by atoms with van der Waals surface area (Å²) in [6.07, 6.45) is 5.35. The van der Waals surface area contributed by atoms with Crippen LogP contribution in [0.5, 0.6) is 0 Å². The normalized spacial score (nSPS) is 16.3. The third-order valence-corrected chi connectivity index (χ3v) is 5.30. The van der Waals surface area contributed by atoms with Gasteiger partial charge in [-0.2, -0.15) is 0 Å². The highest BCUT2D eigenvalue weighted by molar-refractivity contribution is 7.10. The number of nitrogens with zero attached hydrogens (tertiary/aromatic N) is 1. The Morgan fingerprint density at radius 3 is 2.81 bits per heavy atom. The van der Waals surface area contributed by atoms with E-state index >= 15 is 0 Å². The number of aliphatic hydroxyl groups is 1. The summed E-state index contributed by atoms with van der Waals surface area (Å²) in [4.78, 5) is 15.5. The van der Waals surface area contributed by atoms with Crippen LogP contribution in [0.3, 0.4) is 0 Å². The topological polar surface area (TPSA) is 40.5 Å². The molecular formula is C17H23NO2S. The van der Waals surface area contributed by atoms with Crippen LogP contribution in [0.2, 0.25) is 0 Å². The van der Waals surface area contributed by atoms with Crippen LogP contribution in [0.25, 0.3) is 0 Å². The van der Waals surface area contributed by atoms with Crippen LogP contribution in [0, 0.1) is 17.3 Å². The molecule has 1 fully saturated rings. The molecule has 0 unspecified atom stereocenters. The Hall–Kier alpha value is -1.31. The molecule has 1 aromatic rings. The molecule has 1 saturated carbocycles. The molecule has 1 aromatic heterocycles. The van der Waals surface area contributed by atoms with Gasteiger partial charge in [-0.3, -0.25) is 4.79 Å². The first-order valence-electron chi connectivity index (χ1n) is 7.54. The second-order valence-corrected chi connectivity index (χ2v) is 6.69. The Morgan fingerprint density at radius 1 is 1.48 bits per heavy atom. The molecule has 0 radical (unpaired) electrons. The second-order valence-electron chi connectivity index (χ2n) is 5.78. The largest absolute Gasteiger partial charge is 0.384 e. The molecule has 3 nitrogen and oxygen atoms in total. The SMILES string of the molecule is CCC1(C(=O)N(C)Cc2csc(C#CCO)c2)CCCC1. The van der Waals surface area contributed by atoms with Crippen molar-refractivity contribution < 1.29 is 9.90 Å². The number of carbonyl (C=O) groups is 1. The van der Waals surface area contributed by atoms with Crippen LogP contribution in [0.1, 0.15) is 49.5 Å². The standard InChI is InChI=1S/C17H23NO2S/c1-3-17(8-4-5-9-17)16(20)18(2)12-14-11-15(21-13-14)7-6-10-19/h11,13,19H,3-5,8-10,12H2,1-2H3. The third kappa shape index (κ3) is 3.66. The van der Waals surface area contributed by atoms with Gasteiger partial charge in [-0.15, -0.1) is 11.3 Å². The Labute approximate surface area is 131 Å². The van der Waals surface area contributed by atoms with Gasteiger partial charge in [0, 0.05) is 19.0 Å². The molecule has 0 atom stereocenters. The van der Waals surface area contributed by atoms with Gasteiger partial charge in [0.1, 0.15) is 6.61 Å². The molecule has 1 N–H and O–H groups in total. The first kappa shape index (κ1) is 16.1. The lowest BCUT2D eigenvalue weighted by molar-refractivity contribution is -0.141. The molecule has 0 saturated heterocycles. The molecule has 21 heavy (non-hydrogen) atoms. The smallest absolute Gasteiger partial charge is 0.228 e. The summed E-state index contributed by atoms with van der Waals surface area (Å²) in [6, 6.07) is 2.00. The minimum atomic E-state index is -0.121. The van der Waals surface area contributed by atoms with Gasteiger partial charge in [0.05, 0.1) is 4.88 Å². The molecule has 0 aliphatic heterocycles. The molecule has 2 rings (SSSR count). The van der Waals surface area contributed by atoms with Gasteiger partial charge in [-0.25, -0.2) is 0 Å². The van der Waals surface area contributed by atoms with E-state index in [2.05, 4.69) is 18.8 Å². The lowest BCUT2D eigenvalue weighted by Gasteiger charge is -2.31. The van der Waals surface area contributed by atoms with Gasteiger partial charge in [-0.05, 0) is 36.3 Å². The first-order valence-corrected chi connectivity index (χ1v) is 8.42. The number of hydrogen-bond acceptors (Lipinski definition) is 3. The maximum Gasteiger partial charge on any atom is 0.228 e. The van der Waals surface area contributed by atoms with Gasteiger partial charge < -0.3 is 10.0 Å². The van der Waals surface area contributed by atoms with Crippen molar-refractivity contribution in [3.8, 4) is 11.8 Å². The van der Waals surface area contributed by atoms with Gasteiger partial charge in [0.15, 0.2) is 0 Å². The van der Waals surface area contributed by atoms with E-state index in [-0.39, 0.29) is 17.9 Å². The van der Waals surface area contributed by atoms with Gasteiger partial charge in [0.2, 0.25) is 5.91 Å². The van der Waals surface area contributed by atoms with E-state index in [9.17, 15) is 4.79 Å². The summed E-state index contributed by atoms with van der Waals surface area (Å²) in [5.74, 6) is 5.84. The lowest BCUT2D eigenvalue weighted by atomic mass is 9.82. The summed E-state index contributed by atoms with van der Waals surface area (Å²) in [5.41, 5.74) is 0.993. The first-order chi connectivity index (χ1) is 10.1. The van der Waals surface area contributed by atoms with E-state index in [0.29, 0.717) is 6.54 Å². The van der Waals surface area contributed by atoms with E-state index in [1.165, 1.54) is 12.8 Å². The molecule has 114 valence electrons. The van der Waals surface area contributed by atoms with Crippen molar-refractivity contribution in [2.45, 2.75) is 45.6 Å². The minimum absolute atomic E-state index is 0.120. The van der Waals surface area contributed by atoms with Crippen molar-refractivity contribution in [3.05, 3.63) is 21.9 Å². The van der Waals surface area contributed by atoms with Crippen molar-refractivity contribution in [2.75, 3.05) is 13.7 Å². The van der Waals surface area contributed by atoms with Crippen LogP contribution in [0.15, 0.2) is 11.4 Å². The van der Waals surface area contributed by atoms with Crippen LogP contribution in [-0.4, -0.2) is 29.6 Å². The summed E-state index contributed by atoms with van der Waals surface area (Å²) >= 11 is 1.56. The Kier molecular flexibility index (Phi) is 5.44. The fraction of sp³-hybridized carbons (Fsp3) is 0.588. The zero-order chi connectivity index (χ0) is 15.3. The van der Waals surface area contributed by atoms with E-state index in [0.717, 1.165) is 29.7 Å². The van der Waals surface area contributed by atoms with Crippen LogP contribution >= 0.6 is 11.3 Å². The lowest BCUT2D eigenvalue weighted by Crippen LogP contribution is -2.39. The number of carbonyl (C=O) groups excluding carboxylic acids is 1. The minimum Gasteiger partial charge on any atom is -0.384 e. The zero-order valence-electron chi connectivity index (χ0n) is 12.8. The predicted octanol–water partition coefficient (Wildman–Crippen LogP) is 3.02. The maximum atomic E-state index is 12.7. The molecule has 4 heteroatoms. The predicted molar refractivity (Wildman–Crippen MR) is 85.9 cm³/mol. The average Bonchev–Trinajstić information content (AvgIpc) is 3.14. The van der Waals surface area contributed by atoms with E-state index in [4.69, 9.17) is 5.11 Å². The molecule has 0 bridgehead atoms. The average molecular weight is 305 g/mol. The molecule has 1 aliphatic carbocycles.